The molecule has 2 aromatic rings. The number of nitrogens with one attached hydrogen (secondary N) is 1. The first kappa shape index (κ1) is 18.2. The summed E-state index contributed by atoms with van der Waals surface area (Å²) in [5.74, 6) is 0.186. The molecule has 1 saturated heterocycles. The monoisotopic (exact) mass is 359 g/mol. The zero-order valence-electron chi connectivity index (χ0n) is 14.4. The van der Waals surface area contributed by atoms with E-state index >= 15 is 0 Å². The second kappa shape index (κ2) is 8.16. The molecular weight excluding hydrogens is 338 g/mol. The van der Waals surface area contributed by atoms with Gasteiger partial charge in [-0.2, -0.15) is 0 Å². The lowest BCUT2D eigenvalue weighted by Gasteiger charge is -2.31. The van der Waals surface area contributed by atoms with Crippen molar-refractivity contribution in [3.63, 3.8) is 0 Å². The fourth-order valence-electron chi connectivity index (χ4n) is 2.89. The molecule has 0 radical (unpaired) electrons. The number of hydrogen-bond donors (Lipinski definition) is 2. The zero-order chi connectivity index (χ0) is 18.5. The fourth-order valence-corrected chi connectivity index (χ4v) is 2.89. The molecule has 2 atom stereocenters. The van der Waals surface area contributed by atoms with Crippen LogP contribution in [0, 0.1) is 6.92 Å². The van der Waals surface area contributed by atoms with Crippen LogP contribution in [0.4, 0.5) is 0 Å². The predicted molar refractivity (Wildman–Crippen MR) is 92.9 cm³/mol. The molecule has 0 bridgehead atoms. The minimum absolute atomic E-state index is 0.269. The molecule has 1 aliphatic heterocycles. The number of hydrogen-bond acceptors (Lipinski definition) is 5. The Morgan fingerprint density at radius 2 is 2.15 bits per heavy atom. The molecule has 1 amide bonds. The van der Waals surface area contributed by atoms with Crippen LogP contribution in [-0.2, 0) is 14.3 Å². The normalized spacial score (nSPS) is 19.9. The van der Waals surface area contributed by atoms with Gasteiger partial charge in [0.25, 0.3) is 5.91 Å². The number of aliphatic carboxylic acids is 1. The van der Waals surface area contributed by atoms with Crippen LogP contribution in [0.2, 0.25) is 0 Å². The predicted octanol–water partition coefficient (Wildman–Crippen LogP) is 2.24. The van der Waals surface area contributed by atoms with Gasteiger partial charge in [-0.15, -0.1) is 0 Å². The standard InChI is InChI=1S/C19H21NO6/c1-12-5-6-16(26-12)13-3-2-4-14(9-13)19(23)20-15-10-24-8-7-17(15)25-11-18(21)22/h2-6,9,15,17H,7-8,10-11H2,1H3,(H,20,23)(H,21,22)/t15-,17+/m1/s1. The topological polar surface area (TPSA) is 98.0 Å². The van der Waals surface area contributed by atoms with Gasteiger partial charge in [-0.25, -0.2) is 4.79 Å². The summed E-state index contributed by atoms with van der Waals surface area (Å²) in [6, 6.07) is 10.5. The highest BCUT2D eigenvalue weighted by Crippen LogP contribution is 2.23. The number of aryl methyl sites for hydroxylation is 1. The van der Waals surface area contributed by atoms with Crippen LogP contribution in [0.1, 0.15) is 22.5 Å². The van der Waals surface area contributed by atoms with Crippen molar-refractivity contribution < 1.29 is 28.6 Å². The summed E-state index contributed by atoms with van der Waals surface area (Å²) in [5, 5.41) is 11.7. The molecule has 2 heterocycles. The van der Waals surface area contributed by atoms with Crippen molar-refractivity contribution in [2.75, 3.05) is 19.8 Å². The molecule has 0 aliphatic carbocycles. The Kier molecular flexibility index (Phi) is 5.70. The minimum atomic E-state index is -1.04. The quantitative estimate of drug-likeness (QED) is 0.821. The molecule has 1 aromatic heterocycles. The molecule has 7 heteroatoms. The van der Waals surface area contributed by atoms with Gasteiger partial charge in [-0.3, -0.25) is 4.79 Å². The molecule has 1 fully saturated rings. The first-order valence-corrected chi connectivity index (χ1v) is 8.42. The van der Waals surface area contributed by atoms with E-state index in [0.717, 1.165) is 11.3 Å². The van der Waals surface area contributed by atoms with E-state index in [4.69, 9.17) is 19.0 Å². The molecular formula is C19H21NO6. The Morgan fingerprint density at radius 1 is 1.31 bits per heavy atom. The van der Waals surface area contributed by atoms with E-state index in [2.05, 4.69) is 5.32 Å². The van der Waals surface area contributed by atoms with Gasteiger partial charge in [0.1, 0.15) is 18.1 Å². The van der Waals surface area contributed by atoms with Crippen molar-refractivity contribution in [3.05, 3.63) is 47.7 Å². The molecule has 0 spiro atoms. The number of amides is 1. The maximum atomic E-state index is 12.6. The van der Waals surface area contributed by atoms with Gasteiger partial charge in [0.2, 0.25) is 0 Å². The number of carboxylic acids is 1. The average Bonchev–Trinajstić information content (AvgIpc) is 3.07. The summed E-state index contributed by atoms with van der Waals surface area (Å²) in [5.41, 5.74) is 1.29. The number of ether oxygens (including phenoxy) is 2. The van der Waals surface area contributed by atoms with Crippen molar-refractivity contribution in [3.8, 4) is 11.3 Å². The molecule has 26 heavy (non-hydrogen) atoms. The smallest absolute Gasteiger partial charge is 0.329 e. The van der Waals surface area contributed by atoms with Crippen molar-refractivity contribution >= 4 is 11.9 Å². The number of benzene rings is 1. The largest absolute Gasteiger partial charge is 0.480 e. The van der Waals surface area contributed by atoms with E-state index in [-0.39, 0.29) is 18.6 Å². The third-order valence-corrected chi connectivity index (χ3v) is 4.18. The van der Waals surface area contributed by atoms with Crippen LogP contribution in [-0.4, -0.2) is 48.9 Å². The lowest BCUT2D eigenvalue weighted by atomic mass is 10.0. The summed E-state index contributed by atoms with van der Waals surface area (Å²) in [4.78, 5) is 23.3. The Balaban J connectivity index is 1.69. The highest BCUT2D eigenvalue weighted by Gasteiger charge is 2.29. The van der Waals surface area contributed by atoms with Gasteiger partial charge >= 0.3 is 5.97 Å². The van der Waals surface area contributed by atoms with Crippen LogP contribution in [0.15, 0.2) is 40.8 Å². The van der Waals surface area contributed by atoms with E-state index in [9.17, 15) is 9.59 Å². The number of carbonyl (C=O) groups excluding carboxylic acids is 1. The summed E-state index contributed by atoms with van der Waals surface area (Å²) in [6.07, 6.45) is 0.143. The Labute approximate surface area is 150 Å². The lowest BCUT2D eigenvalue weighted by molar-refractivity contribution is -0.147. The Hall–Kier alpha value is -2.64. The van der Waals surface area contributed by atoms with Gasteiger partial charge in [0.05, 0.1) is 18.8 Å². The van der Waals surface area contributed by atoms with Crippen molar-refractivity contribution in [1.82, 2.24) is 5.32 Å². The second-order valence-corrected chi connectivity index (χ2v) is 6.18. The van der Waals surface area contributed by atoms with Crippen LogP contribution in [0.25, 0.3) is 11.3 Å². The molecule has 2 N–H and O–H groups in total. The molecule has 0 unspecified atom stereocenters. The molecule has 138 valence electrons. The maximum absolute atomic E-state index is 12.6. The highest BCUT2D eigenvalue weighted by atomic mass is 16.5. The third-order valence-electron chi connectivity index (χ3n) is 4.18. The van der Waals surface area contributed by atoms with E-state index < -0.39 is 18.6 Å². The van der Waals surface area contributed by atoms with E-state index in [0.29, 0.717) is 24.4 Å². The molecule has 1 aliphatic rings. The van der Waals surface area contributed by atoms with Gasteiger partial charge in [0, 0.05) is 17.7 Å². The van der Waals surface area contributed by atoms with Crippen LogP contribution in [0.5, 0.6) is 0 Å². The van der Waals surface area contributed by atoms with Gasteiger partial charge < -0.3 is 24.3 Å². The van der Waals surface area contributed by atoms with Gasteiger partial charge in [0.15, 0.2) is 0 Å². The van der Waals surface area contributed by atoms with Crippen molar-refractivity contribution in [2.24, 2.45) is 0 Å². The third kappa shape index (κ3) is 4.50. The Morgan fingerprint density at radius 3 is 2.88 bits per heavy atom. The number of furan rings is 1. The fraction of sp³-hybridized carbons (Fsp3) is 0.368. The van der Waals surface area contributed by atoms with Crippen LogP contribution < -0.4 is 5.32 Å². The molecule has 3 rings (SSSR count). The summed E-state index contributed by atoms with van der Waals surface area (Å²) in [7, 11) is 0. The number of rotatable bonds is 6. The van der Waals surface area contributed by atoms with Crippen LogP contribution >= 0.6 is 0 Å². The summed E-state index contributed by atoms with van der Waals surface area (Å²) >= 11 is 0. The van der Waals surface area contributed by atoms with Crippen molar-refractivity contribution in [1.29, 1.82) is 0 Å². The maximum Gasteiger partial charge on any atom is 0.329 e. The van der Waals surface area contributed by atoms with Crippen molar-refractivity contribution in [2.45, 2.75) is 25.5 Å². The Bertz CT molecular complexity index is 784. The number of carboxylic acid groups (broad SMARTS) is 1. The molecule has 7 nitrogen and oxygen atoms in total. The van der Waals surface area contributed by atoms with E-state index in [1.165, 1.54) is 0 Å². The minimum Gasteiger partial charge on any atom is -0.480 e. The van der Waals surface area contributed by atoms with E-state index in [1.807, 2.05) is 25.1 Å². The highest BCUT2D eigenvalue weighted by molar-refractivity contribution is 5.95. The lowest BCUT2D eigenvalue weighted by Crippen LogP contribution is -2.51. The zero-order valence-corrected chi connectivity index (χ0v) is 14.4. The second-order valence-electron chi connectivity index (χ2n) is 6.18. The van der Waals surface area contributed by atoms with Gasteiger partial charge in [-0.1, -0.05) is 12.1 Å². The van der Waals surface area contributed by atoms with Crippen LogP contribution in [0.3, 0.4) is 0 Å². The summed E-state index contributed by atoms with van der Waals surface area (Å²) in [6.45, 7) is 2.22. The van der Waals surface area contributed by atoms with E-state index in [1.54, 1.807) is 18.2 Å². The first-order valence-electron chi connectivity index (χ1n) is 8.42. The SMILES string of the molecule is Cc1ccc(-c2cccc(C(=O)N[C@@H]3COCC[C@@H]3OCC(=O)O)c2)o1. The summed E-state index contributed by atoms with van der Waals surface area (Å²) < 4.78 is 16.4. The number of carbonyl (C=O) groups is 2. The van der Waals surface area contributed by atoms with Gasteiger partial charge in [-0.05, 0) is 37.6 Å². The molecule has 0 saturated carbocycles. The molecule has 1 aromatic carbocycles. The average molecular weight is 359 g/mol. The first-order chi connectivity index (χ1) is 12.5.